The molecule has 0 saturated carbocycles. The Hall–Kier alpha value is -2.43. The number of sulfonamides is 1. The molecule has 0 amide bonds. The summed E-state index contributed by atoms with van der Waals surface area (Å²) in [6, 6.07) is 24.4. The van der Waals surface area contributed by atoms with E-state index in [-0.39, 0.29) is 4.90 Å². The van der Waals surface area contributed by atoms with Crippen LogP contribution in [0.1, 0.15) is 0 Å². The van der Waals surface area contributed by atoms with Crippen LogP contribution in [0, 0.1) is 0 Å². The van der Waals surface area contributed by atoms with Gasteiger partial charge in [0.05, 0.1) is 4.90 Å². The number of benzene rings is 3. The molecule has 0 radical (unpaired) electrons. The lowest BCUT2D eigenvalue weighted by Gasteiger charge is -2.13. The first-order valence-electron chi connectivity index (χ1n) is 6.84. The van der Waals surface area contributed by atoms with Crippen molar-refractivity contribution in [1.82, 2.24) is 0 Å². The Morgan fingerprint density at radius 1 is 0.591 bits per heavy atom. The topological polar surface area (TPSA) is 60.2 Å². The number of nitrogens with two attached hydrogens (primary N) is 1. The van der Waals surface area contributed by atoms with Crippen LogP contribution in [0.25, 0.3) is 22.3 Å². The van der Waals surface area contributed by atoms with Gasteiger partial charge in [-0.25, -0.2) is 13.6 Å². The highest BCUT2D eigenvalue weighted by Gasteiger charge is 2.16. The third-order valence-electron chi connectivity index (χ3n) is 3.50. The van der Waals surface area contributed by atoms with E-state index < -0.39 is 10.0 Å². The molecule has 110 valence electrons. The maximum absolute atomic E-state index is 11.9. The molecule has 3 aromatic carbocycles. The Balaban J connectivity index is 2.28. The van der Waals surface area contributed by atoms with Gasteiger partial charge >= 0.3 is 0 Å². The van der Waals surface area contributed by atoms with Crippen LogP contribution in [-0.4, -0.2) is 8.42 Å². The molecule has 0 aliphatic rings. The van der Waals surface area contributed by atoms with E-state index in [1.165, 1.54) is 6.07 Å². The molecule has 3 aromatic rings. The molecule has 0 saturated heterocycles. The standard InChI is InChI=1S/C18H15NO2S/c19-22(20,21)18-13-7-6-12-17(18)16-11-5-4-10-15(16)14-8-2-1-3-9-14/h1-13H,(H2,19,20,21). The molecule has 0 bridgehead atoms. The van der Waals surface area contributed by atoms with Crippen molar-refractivity contribution < 1.29 is 8.42 Å². The van der Waals surface area contributed by atoms with Gasteiger partial charge in [-0.2, -0.15) is 0 Å². The van der Waals surface area contributed by atoms with Crippen LogP contribution in [0.5, 0.6) is 0 Å². The van der Waals surface area contributed by atoms with Gasteiger partial charge < -0.3 is 0 Å². The van der Waals surface area contributed by atoms with E-state index in [2.05, 4.69) is 0 Å². The van der Waals surface area contributed by atoms with Crippen molar-refractivity contribution in [3.63, 3.8) is 0 Å². The van der Waals surface area contributed by atoms with Crippen molar-refractivity contribution in [1.29, 1.82) is 0 Å². The van der Waals surface area contributed by atoms with Gasteiger partial charge in [-0.3, -0.25) is 0 Å². The van der Waals surface area contributed by atoms with Crippen molar-refractivity contribution in [3.05, 3.63) is 78.9 Å². The summed E-state index contributed by atoms with van der Waals surface area (Å²) in [5, 5.41) is 5.36. The summed E-state index contributed by atoms with van der Waals surface area (Å²) < 4.78 is 23.7. The lowest BCUT2D eigenvalue weighted by atomic mass is 9.95. The van der Waals surface area contributed by atoms with Crippen molar-refractivity contribution in [2.24, 2.45) is 5.14 Å². The molecule has 0 spiro atoms. The molecule has 3 rings (SSSR count). The van der Waals surface area contributed by atoms with Crippen LogP contribution in [0.4, 0.5) is 0 Å². The highest BCUT2D eigenvalue weighted by molar-refractivity contribution is 7.89. The van der Waals surface area contributed by atoms with Crippen LogP contribution in [0.15, 0.2) is 83.8 Å². The SMILES string of the molecule is NS(=O)(=O)c1ccccc1-c1ccccc1-c1ccccc1. The number of hydrogen-bond donors (Lipinski definition) is 1. The van der Waals surface area contributed by atoms with Crippen molar-refractivity contribution in [2.45, 2.75) is 4.90 Å². The fourth-order valence-corrected chi connectivity index (χ4v) is 3.28. The van der Waals surface area contributed by atoms with Crippen molar-refractivity contribution >= 4 is 10.0 Å². The van der Waals surface area contributed by atoms with E-state index in [0.717, 1.165) is 16.7 Å². The van der Waals surface area contributed by atoms with Gasteiger partial charge in [0.15, 0.2) is 0 Å². The fourth-order valence-electron chi connectivity index (χ4n) is 2.52. The van der Waals surface area contributed by atoms with Gasteiger partial charge in [-0.1, -0.05) is 72.8 Å². The molecule has 0 aromatic heterocycles. The highest BCUT2D eigenvalue weighted by atomic mass is 32.2. The first kappa shape index (κ1) is 14.5. The molecule has 0 aliphatic heterocycles. The second kappa shape index (κ2) is 5.75. The fraction of sp³-hybridized carbons (Fsp3) is 0. The predicted octanol–water partition coefficient (Wildman–Crippen LogP) is 3.67. The van der Waals surface area contributed by atoms with Gasteiger partial charge in [-0.15, -0.1) is 0 Å². The Bertz CT molecular complexity index is 903. The zero-order valence-electron chi connectivity index (χ0n) is 11.8. The highest BCUT2D eigenvalue weighted by Crippen LogP contribution is 2.34. The quantitative estimate of drug-likeness (QED) is 0.802. The van der Waals surface area contributed by atoms with Gasteiger partial charge in [0.25, 0.3) is 0 Å². The lowest BCUT2D eigenvalue weighted by Crippen LogP contribution is -2.13. The number of hydrogen-bond acceptors (Lipinski definition) is 2. The first-order valence-corrected chi connectivity index (χ1v) is 8.38. The largest absolute Gasteiger partial charge is 0.238 e. The molecule has 22 heavy (non-hydrogen) atoms. The first-order chi connectivity index (χ1) is 10.6. The Labute approximate surface area is 130 Å². The third kappa shape index (κ3) is 2.79. The van der Waals surface area contributed by atoms with Crippen LogP contribution in [0.2, 0.25) is 0 Å². The smallest absolute Gasteiger partial charge is 0.225 e. The zero-order chi connectivity index (χ0) is 15.6. The maximum atomic E-state index is 11.9. The average Bonchev–Trinajstić information content (AvgIpc) is 2.55. The minimum absolute atomic E-state index is 0.137. The average molecular weight is 309 g/mol. The van der Waals surface area contributed by atoms with E-state index in [1.807, 2.05) is 60.7 Å². The van der Waals surface area contributed by atoms with E-state index in [1.54, 1.807) is 12.1 Å². The molecule has 0 unspecified atom stereocenters. The van der Waals surface area contributed by atoms with Crippen LogP contribution in [-0.2, 0) is 10.0 Å². The summed E-state index contributed by atoms with van der Waals surface area (Å²) in [6.45, 7) is 0. The lowest BCUT2D eigenvalue weighted by molar-refractivity contribution is 0.598. The molecule has 0 aliphatic carbocycles. The molecule has 4 heteroatoms. The van der Waals surface area contributed by atoms with Crippen molar-refractivity contribution in [2.75, 3.05) is 0 Å². The summed E-state index contributed by atoms with van der Waals surface area (Å²) in [6.07, 6.45) is 0. The molecular formula is C18H15NO2S. The van der Waals surface area contributed by atoms with E-state index >= 15 is 0 Å². The van der Waals surface area contributed by atoms with Crippen LogP contribution < -0.4 is 5.14 Å². The third-order valence-corrected chi connectivity index (χ3v) is 4.46. The molecule has 0 atom stereocenters. The normalized spacial score (nSPS) is 11.3. The summed E-state index contributed by atoms with van der Waals surface area (Å²) in [7, 11) is -3.78. The van der Waals surface area contributed by atoms with Gasteiger partial charge in [0.2, 0.25) is 10.0 Å². The zero-order valence-corrected chi connectivity index (χ0v) is 12.6. The van der Waals surface area contributed by atoms with Crippen molar-refractivity contribution in [3.8, 4) is 22.3 Å². The monoisotopic (exact) mass is 309 g/mol. The minimum Gasteiger partial charge on any atom is -0.225 e. The summed E-state index contributed by atoms with van der Waals surface area (Å²) >= 11 is 0. The van der Waals surface area contributed by atoms with Gasteiger partial charge in [0.1, 0.15) is 0 Å². The minimum atomic E-state index is -3.78. The summed E-state index contributed by atoms with van der Waals surface area (Å²) in [5.41, 5.74) is 3.46. The second-order valence-corrected chi connectivity index (χ2v) is 6.48. The van der Waals surface area contributed by atoms with Gasteiger partial charge in [-0.05, 0) is 22.8 Å². The summed E-state index contributed by atoms with van der Waals surface area (Å²) in [4.78, 5) is 0.137. The van der Waals surface area contributed by atoms with E-state index in [4.69, 9.17) is 5.14 Å². The molecular weight excluding hydrogens is 294 g/mol. The molecule has 0 heterocycles. The Kier molecular flexibility index (Phi) is 3.79. The Morgan fingerprint density at radius 2 is 1.09 bits per heavy atom. The summed E-state index contributed by atoms with van der Waals surface area (Å²) in [5.74, 6) is 0. The van der Waals surface area contributed by atoms with E-state index in [9.17, 15) is 8.42 Å². The molecule has 0 fully saturated rings. The van der Waals surface area contributed by atoms with Crippen LogP contribution in [0.3, 0.4) is 0 Å². The maximum Gasteiger partial charge on any atom is 0.238 e. The molecule has 3 nitrogen and oxygen atoms in total. The predicted molar refractivity (Wildman–Crippen MR) is 88.7 cm³/mol. The van der Waals surface area contributed by atoms with Gasteiger partial charge in [0, 0.05) is 5.56 Å². The Morgan fingerprint density at radius 3 is 1.73 bits per heavy atom. The second-order valence-electron chi connectivity index (χ2n) is 4.95. The molecule has 2 N–H and O–H groups in total. The number of rotatable bonds is 3. The van der Waals surface area contributed by atoms with Crippen LogP contribution >= 0.6 is 0 Å². The van der Waals surface area contributed by atoms with E-state index in [0.29, 0.717) is 5.56 Å². The number of primary sulfonamides is 1.